The molecule has 0 aromatic heterocycles. The third kappa shape index (κ3) is 3.30. The van der Waals surface area contributed by atoms with Crippen LogP contribution in [0.3, 0.4) is 0 Å². The fourth-order valence-corrected chi connectivity index (χ4v) is 3.22. The fraction of sp³-hybridized carbons (Fsp3) is 0.500. The second-order valence-electron chi connectivity index (χ2n) is 4.06. The van der Waals surface area contributed by atoms with Gasteiger partial charge in [0.05, 0.1) is 5.02 Å². The van der Waals surface area contributed by atoms with E-state index >= 15 is 0 Å². The molecule has 2 N–H and O–H groups in total. The Morgan fingerprint density at radius 1 is 1.38 bits per heavy atom. The predicted octanol–water partition coefficient (Wildman–Crippen LogP) is 3.44. The maximum atomic E-state index is 6.12. The highest BCUT2D eigenvalue weighted by atomic mass is 35.5. The number of anilines is 1. The number of hydrogen-bond donors (Lipinski definition) is 1. The standard InChI is InChI=1S/C12H16ClNOS/c13-11-7-10(14)1-2-12(11)16-8-9-3-5-15-6-4-9/h1-2,7,9H,3-6,8,14H2. The minimum absolute atomic E-state index is 0.723. The van der Waals surface area contributed by atoms with Crippen LogP contribution < -0.4 is 5.73 Å². The summed E-state index contributed by atoms with van der Waals surface area (Å²) >= 11 is 7.94. The lowest BCUT2D eigenvalue weighted by atomic mass is 10.0. The lowest BCUT2D eigenvalue weighted by Crippen LogP contribution is -2.17. The van der Waals surface area contributed by atoms with E-state index in [-0.39, 0.29) is 0 Å². The second kappa shape index (κ2) is 5.80. The van der Waals surface area contributed by atoms with Gasteiger partial charge in [0.25, 0.3) is 0 Å². The number of nitrogen functional groups attached to an aromatic ring is 1. The largest absolute Gasteiger partial charge is 0.399 e. The van der Waals surface area contributed by atoms with Gasteiger partial charge in [0.1, 0.15) is 0 Å². The summed E-state index contributed by atoms with van der Waals surface area (Å²) < 4.78 is 5.34. The Balaban J connectivity index is 1.88. The van der Waals surface area contributed by atoms with Gasteiger partial charge in [0.15, 0.2) is 0 Å². The minimum Gasteiger partial charge on any atom is -0.399 e. The summed E-state index contributed by atoms with van der Waals surface area (Å²) in [5.74, 6) is 1.87. The first-order chi connectivity index (χ1) is 7.75. The van der Waals surface area contributed by atoms with E-state index in [1.807, 2.05) is 30.0 Å². The molecule has 0 atom stereocenters. The van der Waals surface area contributed by atoms with Crippen LogP contribution in [0.15, 0.2) is 23.1 Å². The molecule has 0 spiro atoms. The Hall–Kier alpha value is -0.380. The molecule has 1 fully saturated rings. The first-order valence-electron chi connectivity index (χ1n) is 5.51. The molecular weight excluding hydrogens is 242 g/mol. The zero-order valence-corrected chi connectivity index (χ0v) is 10.7. The molecule has 88 valence electrons. The van der Waals surface area contributed by atoms with Crippen molar-refractivity contribution in [2.24, 2.45) is 5.92 Å². The third-order valence-corrected chi connectivity index (χ3v) is 4.50. The van der Waals surface area contributed by atoms with Crippen molar-refractivity contribution in [1.82, 2.24) is 0 Å². The highest BCUT2D eigenvalue weighted by Gasteiger charge is 2.14. The van der Waals surface area contributed by atoms with Crippen molar-refractivity contribution in [3.63, 3.8) is 0 Å². The maximum Gasteiger partial charge on any atom is 0.0562 e. The molecule has 0 saturated carbocycles. The summed E-state index contributed by atoms with van der Waals surface area (Å²) in [6, 6.07) is 5.72. The maximum absolute atomic E-state index is 6.12. The van der Waals surface area contributed by atoms with Crippen LogP contribution in [0, 0.1) is 5.92 Å². The van der Waals surface area contributed by atoms with Gasteiger partial charge >= 0.3 is 0 Å². The van der Waals surface area contributed by atoms with Gasteiger partial charge in [-0.05, 0) is 37.0 Å². The van der Waals surface area contributed by atoms with E-state index in [0.29, 0.717) is 0 Å². The average Bonchev–Trinajstić information content (AvgIpc) is 2.29. The molecule has 0 bridgehead atoms. The molecule has 0 radical (unpaired) electrons. The molecule has 1 heterocycles. The molecule has 1 aliphatic heterocycles. The zero-order valence-electron chi connectivity index (χ0n) is 9.12. The van der Waals surface area contributed by atoms with E-state index in [1.165, 1.54) is 12.8 Å². The molecule has 1 aromatic rings. The van der Waals surface area contributed by atoms with Gasteiger partial charge in [-0.15, -0.1) is 11.8 Å². The average molecular weight is 258 g/mol. The molecule has 0 amide bonds. The molecular formula is C12H16ClNOS. The van der Waals surface area contributed by atoms with Crippen molar-refractivity contribution in [1.29, 1.82) is 0 Å². The summed E-state index contributed by atoms with van der Waals surface area (Å²) in [7, 11) is 0. The molecule has 1 aliphatic rings. The third-order valence-electron chi connectivity index (χ3n) is 2.77. The van der Waals surface area contributed by atoms with Crippen molar-refractivity contribution in [2.45, 2.75) is 17.7 Å². The fourth-order valence-electron chi connectivity index (χ4n) is 1.75. The molecule has 2 rings (SSSR count). The highest BCUT2D eigenvalue weighted by molar-refractivity contribution is 7.99. The number of benzene rings is 1. The molecule has 1 aromatic carbocycles. The highest BCUT2D eigenvalue weighted by Crippen LogP contribution is 2.31. The molecule has 16 heavy (non-hydrogen) atoms. The van der Waals surface area contributed by atoms with Gasteiger partial charge in [-0.1, -0.05) is 11.6 Å². The predicted molar refractivity (Wildman–Crippen MR) is 70.1 cm³/mol. The Bertz CT molecular complexity index is 353. The van der Waals surface area contributed by atoms with Gasteiger partial charge in [0, 0.05) is 29.5 Å². The van der Waals surface area contributed by atoms with E-state index in [0.717, 1.165) is 40.5 Å². The molecule has 2 nitrogen and oxygen atoms in total. The SMILES string of the molecule is Nc1ccc(SCC2CCOCC2)c(Cl)c1. The number of hydrogen-bond acceptors (Lipinski definition) is 3. The molecule has 1 saturated heterocycles. The van der Waals surface area contributed by atoms with Crippen molar-refractivity contribution < 1.29 is 4.74 Å². The normalized spacial score (nSPS) is 17.6. The molecule has 0 aliphatic carbocycles. The summed E-state index contributed by atoms with van der Waals surface area (Å²) in [5.41, 5.74) is 6.38. The van der Waals surface area contributed by atoms with E-state index in [1.54, 1.807) is 0 Å². The second-order valence-corrected chi connectivity index (χ2v) is 5.53. The monoisotopic (exact) mass is 257 g/mol. The quantitative estimate of drug-likeness (QED) is 0.666. The van der Waals surface area contributed by atoms with E-state index < -0.39 is 0 Å². The number of rotatable bonds is 3. The summed E-state index contributed by atoms with van der Waals surface area (Å²) in [6.07, 6.45) is 2.33. The van der Waals surface area contributed by atoms with Crippen LogP contribution >= 0.6 is 23.4 Å². The van der Waals surface area contributed by atoms with Crippen LogP contribution in [-0.2, 0) is 4.74 Å². The van der Waals surface area contributed by atoms with Crippen molar-refractivity contribution in [3.8, 4) is 0 Å². The van der Waals surface area contributed by atoms with Gasteiger partial charge in [-0.25, -0.2) is 0 Å². The Labute approximate surface area is 105 Å². The Kier molecular flexibility index (Phi) is 4.38. The topological polar surface area (TPSA) is 35.2 Å². The van der Waals surface area contributed by atoms with Crippen molar-refractivity contribution in [3.05, 3.63) is 23.2 Å². The van der Waals surface area contributed by atoms with Crippen molar-refractivity contribution in [2.75, 3.05) is 24.7 Å². The van der Waals surface area contributed by atoms with E-state index in [4.69, 9.17) is 22.1 Å². The molecule has 4 heteroatoms. The summed E-state index contributed by atoms with van der Waals surface area (Å²) in [4.78, 5) is 1.13. The van der Waals surface area contributed by atoms with Crippen LogP contribution in [0.5, 0.6) is 0 Å². The number of nitrogens with two attached hydrogens (primary N) is 1. The molecule has 0 unspecified atom stereocenters. The van der Waals surface area contributed by atoms with Gasteiger partial charge in [0.2, 0.25) is 0 Å². The zero-order chi connectivity index (χ0) is 11.4. The van der Waals surface area contributed by atoms with Gasteiger partial charge in [-0.3, -0.25) is 0 Å². The van der Waals surface area contributed by atoms with E-state index in [9.17, 15) is 0 Å². The van der Waals surface area contributed by atoms with Crippen LogP contribution in [0.1, 0.15) is 12.8 Å². The smallest absolute Gasteiger partial charge is 0.0562 e. The number of thioether (sulfide) groups is 1. The van der Waals surface area contributed by atoms with Crippen LogP contribution in [0.2, 0.25) is 5.02 Å². The van der Waals surface area contributed by atoms with Crippen molar-refractivity contribution >= 4 is 29.1 Å². The lowest BCUT2D eigenvalue weighted by Gasteiger charge is -2.21. The first kappa shape index (κ1) is 12.1. The Morgan fingerprint density at radius 3 is 2.81 bits per heavy atom. The summed E-state index contributed by atoms with van der Waals surface area (Å²) in [5, 5.41) is 0.761. The number of ether oxygens (including phenoxy) is 1. The minimum atomic E-state index is 0.723. The van der Waals surface area contributed by atoms with Gasteiger partial charge < -0.3 is 10.5 Å². The Morgan fingerprint density at radius 2 is 2.12 bits per heavy atom. The summed E-state index contributed by atoms with van der Waals surface area (Å²) in [6.45, 7) is 1.81. The lowest BCUT2D eigenvalue weighted by molar-refractivity contribution is 0.0728. The van der Waals surface area contributed by atoms with Crippen LogP contribution in [-0.4, -0.2) is 19.0 Å². The first-order valence-corrected chi connectivity index (χ1v) is 6.87. The van der Waals surface area contributed by atoms with E-state index in [2.05, 4.69) is 0 Å². The van der Waals surface area contributed by atoms with Crippen LogP contribution in [0.25, 0.3) is 0 Å². The number of halogens is 1. The van der Waals surface area contributed by atoms with Crippen LogP contribution in [0.4, 0.5) is 5.69 Å². The van der Waals surface area contributed by atoms with Gasteiger partial charge in [-0.2, -0.15) is 0 Å².